The van der Waals surface area contributed by atoms with Gasteiger partial charge in [0, 0.05) is 0 Å². The summed E-state index contributed by atoms with van der Waals surface area (Å²) < 4.78 is 0. The van der Waals surface area contributed by atoms with E-state index in [0.29, 0.717) is 0 Å². The summed E-state index contributed by atoms with van der Waals surface area (Å²) in [4.78, 5) is 0. The second-order valence-corrected chi connectivity index (χ2v) is 3.63. The average Bonchev–Trinajstić information content (AvgIpc) is 2.30. The Morgan fingerprint density at radius 2 is 1.47 bits per heavy atom. The Balaban J connectivity index is 2.53. The molecule has 0 bridgehead atoms. The van der Waals surface area contributed by atoms with Crippen LogP contribution in [-0.4, -0.2) is 11.9 Å². The highest BCUT2D eigenvalue weighted by molar-refractivity contribution is 6.66. The van der Waals surface area contributed by atoms with Crippen molar-refractivity contribution in [2.45, 2.75) is 6.82 Å². The van der Waals surface area contributed by atoms with Crippen LogP contribution in [0.1, 0.15) is 0 Å². The molecule has 0 amide bonds. The molecule has 1 nitrogen and oxygen atoms in total. The Kier molecular flexibility index (Phi) is 2.88. The van der Waals surface area contributed by atoms with Gasteiger partial charge in [0.25, 0.3) is 0 Å². The summed E-state index contributed by atoms with van der Waals surface area (Å²) >= 11 is 0. The van der Waals surface area contributed by atoms with Crippen LogP contribution in [0.15, 0.2) is 54.6 Å². The lowest BCUT2D eigenvalue weighted by atomic mass is 9.62. The smallest absolute Gasteiger partial charge is 0.321 e. The summed E-state index contributed by atoms with van der Waals surface area (Å²) in [6, 6.07) is 18.1. The fourth-order valence-electron chi connectivity index (χ4n) is 1.74. The van der Waals surface area contributed by atoms with E-state index in [0.717, 1.165) is 16.6 Å². The van der Waals surface area contributed by atoms with E-state index in [1.165, 1.54) is 0 Å². The molecule has 0 aliphatic carbocycles. The fourth-order valence-corrected chi connectivity index (χ4v) is 1.74. The van der Waals surface area contributed by atoms with Gasteiger partial charge in [0.05, 0.1) is 0 Å². The van der Waals surface area contributed by atoms with Crippen LogP contribution < -0.4 is 5.46 Å². The maximum Gasteiger partial charge on any atom is 0.321 e. The first-order valence-electron chi connectivity index (χ1n) is 5.11. The molecule has 2 heteroatoms. The van der Waals surface area contributed by atoms with Crippen LogP contribution in [0.2, 0.25) is 6.82 Å². The van der Waals surface area contributed by atoms with Crippen molar-refractivity contribution in [2.24, 2.45) is 0 Å². The minimum absolute atomic E-state index is 0.429. The third-order valence-electron chi connectivity index (χ3n) is 2.50. The molecule has 0 atom stereocenters. The van der Waals surface area contributed by atoms with Crippen LogP contribution in [0.4, 0.5) is 0 Å². The predicted molar refractivity (Wildman–Crippen MR) is 65.3 cm³/mol. The molecule has 0 fully saturated rings. The minimum Gasteiger partial charge on any atom is -0.446 e. The Morgan fingerprint density at radius 1 is 0.867 bits per heavy atom. The van der Waals surface area contributed by atoms with Crippen molar-refractivity contribution in [2.75, 3.05) is 0 Å². The first kappa shape index (κ1) is 10.00. The molecule has 0 heterocycles. The van der Waals surface area contributed by atoms with Crippen molar-refractivity contribution in [3.05, 3.63) is 54.6 Å². The van der Waals surface area contributed by atoms with E-state index in [9.17, 15) is 5.02 Å². The van der Waals surface area contributed by atoms with Crippen molar-refractivity contribution in [1.29, 1.82) is 0 Å². The Labute approximate surface area is 90.5 Å². The maximum absolute atomic E-state index is 9.67. The third kappa shape index (κ3) is 2.11. The summed E-state index contributed by atoms with van der Waals surface area (Å²) in [5.74, 6) is 0. The van der Waals surface area contributed by atoms with Gasteiger partial charge >= 0.3 is 6.92 Å². The molecule has 0 saturated heterocycles. The molecular weight excluding hydrogens is 183 g/mol. The Bertz CT molecular complexity index is 437. The average molecular weight is 196 g/mol. The van der Waals surface area contributed by atoms with Crippen LogP contribution in [0.25, 0.3) is 11.1 Å². The van der Waals surface area contributed by atoms with Crippen molar-refractivity contribution in [3.8, 4) is 11.1 Å². The van der Waals surface area contributed by atoms with Crippen LogP contribution in [-0.2, 0) is 0 Å². The van der Waals surface area contributed by atoms with Gasteiger partial charge in [0.2, 0.25) is 0 Å². The van der Waals surface area contributed by atoms with Crippen molar-refractivity contribution in [1.82, 2.24) is 0 Å². The molecule has 0 aromatic heterocycles. The van der Waals surface area contributed by atoms with Crippen LogP contribution in [0.5, 0.6) is 0 Å². The van der Waals surface area contributed by atoms with Gasteiger partial charge in [-0.2, -0.15) is 0 Å². The van der Waals surface area contributed by atoms with E-state index in [4.69, 9.17) is 0 Å². The highest BCUT2D eigenvalue weighted by Crippen LogP contribution is 2.16. The van der Waals surface area contributed by atoms with E-state index >= 15 is 0 Å². The highest BCUT2D eigenvalue weighted by Gasteiger charge is 2.11. The molecule has 2 aromatic carbocycles. The maximum atomic E-state index is 9.67. The zero-order valence-electron chi connectivity index (χ0n) is 8.72. The standard InChI is InChI=1S/C13H13BO/c1-14(15)13-10-6-5-9-12(13)11-7-3-2-4-8-11/h2-10,15H,1H3. The highest BCUT2D eigenvalue weighted by atomic mass is 16.2. The lowest BCUT2D eigenvalue weighted by Crippen LogP contribution is -2.27. The molecule has 0 radical (unpaired) electrons. The summed E-state index contributed by atoms with van der Waals surface area (Å²) in [5, 5.41) is 9.67. The molecule has 0 unspecified atom stereocenters. The molecule has 74 valence electrons. The molecular formula is C13H13BO. The summed E-state index contributed by atoms with van der Waals surface area (Å²) in [6.07, 6.45) is 0. The lowest BCUT2D eigenvalue weighted by Gasteiger charge is -2.09. The first-order valence-corrected chi connectivity index (χ1v) is 5.11. The summed E-state index contributed by atoms with van der Waals surface area (Å²) in [6.45, 7) is 1.36. The molecule has 0 aliphatic rings. The van der Waals surface area contributed by atoms with Gasteiger partial charge in [-0.25, -0.2) is 0 Å². The van der Waals surface area contributed by atoms with Gasteiger partial charge in [-0.3, -0.25) is 0 Å². The molecule has 15 heavy (non-hydrogen) atoms. The topological polar surface area (TPSA) is 20.2 Å². The number of benzene rings is 2. The molecule has 0 spiro atoms. The fraction of sp³-hybridized carbons (Fsp3) is 0.0769. The van der Waals surface area contributed by atoms with Gasteiger partial charge in [0.15, 0.2) is 0 Å². The molecule has 0 saturated carbocycles. The molecule has 1 N–H and O–H groups in total. The number of hydrogen-bond donors (Lipinski definition) is 1. The van der Waals surface area contributed by atoms with Crippen molar-refractivity contribution >= 4 is 12.4 Å². The Morgan fingerprint density at radius 3 is 2.13 bits per heavy atom. The zero-order chi connectivity index (χ0) is 10.7. The van der Waals surface area contributed by atoms with Crippen LogP contribution in [0.3, 0.4) is 0 Å². The summed E-state index contributed by atoms with van der Waals surface area (Å²) in [7, 11) is 0. The number of rotatable bonds is 2. The van der Waals surface area contributed by atoms with Gasteiger partial charge in [-0.05, 0) is 16.6 Å². The van der Waals surface area contributed by atoms with E-state index < -0.39 is 6.92 Å². The second-order valence-electron chi connectivity index (χ2n) is 3.63. The monoisotopic (exact) mass is 196 g/mol. The van der Waals surface area contributed by atoms with Crippen molar-refractivity contribution < 1.29 is 5.02 Å². The normalized spacial score (nSPS) is 10.0. The van der Waals surface area contributed by atoms with Gasteiger partial charge < -0.3 is 5.02 Å². The van der Waals surface area contributed by atoms with Gasteiger partial charge in [-0.15, -0.1) is 0 Å². The second kappa shape index (κ2) is 4.32. The van der Waals surface area contributed by atoms with E-state index in [1.807, 2.05) is 42.5 Å². The largest absolute Gasteiger partial charge is 0.446 e. The van der Waals surface area contributed by atoms with E-state index in [2.05, 4.69) is 12.1 Å². The van der Waals surface area contributed by atoms with Crippen LogP contribution >= 0.6 is 0 Å². The van der Waals surface area contributed by atoms with Gasteiger partial charge in [0.1, 0.15) is 0 Å². The van der Waals surface area contributed by atoms with E-state index in [1.54, 1.807) is 6.82 Å². The Hall–Kier alpha value is -1.54. The molecule has 0 aliphatic heterocycles. The van der Waals surface area contributed by atoms with Crippen molar-refractivity contribution in [3.63, 3.8) is 0 Å². The lowest BCUT2D eigenvalue weighted by molar-refractivity contribution is 0.594. The first-order chi connectivity index (χ1) is 7.29. The predicted octanol–water partition coefficient (Wildman–Crippen LogP) is 2.17. The quantitative estimate of drug-likeness (QED) is 0.729. The SMILES string of the molecule is CB(O)c1ccccc1-c1ccccc1. The molecule has 2 rings (SSSR count). The third-order valence-corrected chi connectivity index (χ3v) is 2.50. The molecule has 2 aromatic rings. The summed E-state index contributed by atoms with van der Waals surface area (Å²) in [5.41, 5.74) is 3.23. The zero-order valence-corrected chi connectivity index (χ0v) is 8.72. The minimum atomic E-state index is -0.429. The van der Waals surface area contributed by atoms with E-state index in [-0.39, 0.29) is 0 Å². The van der Waals surface area contributed by atoms with Gasteiger partial charge in [-0.1, -0.05) is 61.4 Å². The van der Waals surface area contributed by atoms with Crippen LogP contribution in [0, 0.1) is 0 Å². The number of hydrogen-bond acceptors (Lipinski definition) is 1.